The van der Waals surface area contributed by atoms with E-state index >= 15 is 0 Å². The number of halogens is 1. The third-order valence-electron chi connectivity index (χ3n) is 2.35. The fourth-order valence-electron chi connectivity index (χ4n) is 1.44. The third kappa shape index (κ3) is 8.45. The van der Waals surface area contributed by atoms with E-state index in [2.05, 4.69) is 11.7 Å². The van der Waals surface area contributed by atoms with Crippen molar-refractivity contribution in [1.82, 2.24) is 0 Å². The molecule has 0 saturated carbocycles. The fourth-order valence-corrected chi connectivity index (χ4v) is 1.44. The standard InChI is InChI=1S/C13H23FO2/c1-3-5-6-7-8-9-10-11-12(14)13(15)16-4-2/h11H,3-10H2,1-2H3/b12-11-. The highest BCUT2D eigenvalue weighted by atomic mass is 19.1. The maximum Gasteiger partial charge on any atom is 0.366 e. The molecule has 0 aromatic heterocycles. The molecule has 0 aliphatic carbocycles. The Kier molecular flexibility index (Phi) is 10.1. The van der Waals surface area contributed by atoms with E-state index in [1.807, 2.05) is 0 Å². The van der Waals surface area contributed by atoms with Crippen LogP contribution in [0.3, 0.4) is 0 Å². The molecule has 0 aliphatic rings. The van der Waals surface area contributed by atoms with E-state index in [-0.39, 0.29) is 6.61 Å². The molecule has 0 spiro atoms. The molecule has 3 heteroatoms. The van der Waals surface area contributed by atoms with E-state index < -0.39 is 11.8 Å². The molecule has 0 N–H and O–H groups in total. The van der Waals surface area contributed by atoms with Crippen molar-refractivity contribution < 1.29 is 13.9 Å². The quantitative estimate of drug-likeness (QED) is 0.338. The van der Waals surface area contributed by atoms with Crippen molar-refractivity contribution in [2.45, 2.75) is 58.8 Å². The summed E-state index contributed by atoms with van der Waals surface area (Å²) >= 11 is 0. The Morgan fingerprint density at radius 1 is 1.12 bits per heavy atom. The lowest BCUT2D eigenvalue weighted by molar-refractivity contribution is -0.140. The van der Waals surface area contributed by atoms with Gasteiger partial charge in [0.15, 0.2) is 0 Å². The molecule has 0 fully saturated rings. The van der Waals surface area contributed by atoms with Gasteiger partial charge < -0.3 is 4.74 Å². The molecule has 0 rings (SSSR count). The van der Waals surface area contributed by atoms with Crippen molar-refractivity contribution in [2.75, 3.05) is 6.61 Å². The van der Waals surface area contributed by atoms with Crippen molar-refractivity contribution in [3.05, 3.63) is 11.9 Å². The van der Waals surface area contributed by atoms with E-state index in [0.29, 0.717) is 6.42 Å². The number of hydrogen-bond donors (Lipinski definition) is 0. The maximum atomic E-state index is 13.0. The average molecular weight is 230 g/mol. The van der Waals surface area contributed by atoms with Crippen molar-refractivity contribution in [3.8, 4) is 0 Å². The predicted molar refractivity (Wildman–Crippen MR) is 63.8 cm³/mol. The van der Waals surface area contributed by atoms with Gasteiger partial charge in [-0.05, 0) is 25.8 Å². The molecule has 0 aromatic rings. The number of rotatable bonds is 9. The van der Waals surface area contributed by atoms with Crippen LogP contribution in [0.15, 0.2) is 11.9 Å². The van der Waals surface area contributed by atoms with Crippen LogP contribution >= 0.6 is 0 Å². The SMILES string of the molecule is CCCCCCCC/C=C(\F)C(=O)OCC. The van der Waals surface area contributed by atoms with E-state index in [1.54, 1.807) is 6.92 Å². The van der Waals surface area contributed by atoms with Crippen LogP contribution in [-0.4, -0.2) is 12.6 Å². The highest BCUT2D eigenvalue weighted by Crippen LogP contribution is 2.09. The van der Waals surface area contributed by atoms with Crippen molar-refractivity contribution >= 4 is 5.97 Å². The van der Waals surface area contributed by atoms with Crippen LogP contribution in [0, 0.1) is 0 Å². The molecule has 0 unspecified atom stereocenters. The Bertz CT molecular complexity index is 212. The second-order valence-corrected chi connectivity index (χ2v) is 3.83. The second kappa shape index (κ2) is 10.7. The van der Waals surface area contributed by atoms with Crippen LogP contribution in [-0.2, 0) is 9.53 Å². The minimum Gasteiger partial charge on any atom is -0.461 e. The topological polar surface area (TPSA) is 26.3 Å². The molecule has 0 aromatic carbocycles. The zero-order valence-electron chi connectivity index (χ0n) is 10.4. The first kappa shape index (κ1) is 15.1. The predicted octanol–water partition coefficient (Wildman–Crippen LogP) is 4.15. The minimum atomic E-state index is -0.839. The summed E-state index contributed by atoms with van der Waals surface area (Å²) in [5.41, 5.74) is 0. The molecule has 0 saturated heterocycles. The third-order valence-corrected chi connectivity index (χ3v) is 2.35. The van der Waals surface area contributed by atoms with Crippen LogP contribution < -0.4 is 0 Å². The van der Waals surface area contributed by atoms with Crippen LogP contribution in [0.4, 0.5) is 4.39 Å². The monoisotopic (exact) mass is 230 g/mol. The smallest absolute Gasteiger partial charge is 0.366 e. The van der Waals surface area contributed by atoms with Gasteiger partial charge in [-0.15, -0.1) is 0 Å². The van der Waals surface area contributed by atoms with Crippen molar-refractivity contribution in [3.63, 3.8) is 0 Å². The summed E-state index contributed by atoms with van der Waals surface area (Å²) in [6.07, 6.45) is 8.95. The Hall–Kier alpha value is -0.860. The highest BCUT2D eigenvalue weighted by molar-refractivity contribution is 5.85. The average Bonchev–Trinajstić information content (AvgIpc) is 2.28. The lowest BCUT2D eigenvalue weighted by Crippen LogP contribution is -2.03. The highest BCUT2D eigenvalue weighted by Gasteiger charge is 2.07. The van der Waals surface area contributed by atoms with Crippen LogP contribution in [0.25, 0.3) is 0 Å². The second-order valence-electron chi connectivity index (χ2n) is 3.83. The van der Waals surface area contributed by atoms with Crippen molar-refractivity contribution in [1.29, 1.82) is 0 Å². The first-order valence-corrected chi connectivity index (χ1v) is 6.25. The zero-order chi connectivity index (χ0) is 12.2. The number of ether oxygens (including phenoxy) is 1. The summed E-state index contributed by atoms with van der Waals surface area (Å²) in [5, 5.41) is 0. The van der Waals surface area contributed by atoms with Gasteiger partial charge in [-0.1, -0.05) is 39.0 Å². The lowest BCUT2D eigenvalue weighted by Gasteiger charge is -1.99. The van der Waals surface area contributed by atoms with Crippen LogP contribution in [0.2, 0.25) is 0 Å². The number of carbonyl (C=O) groups is 1. The fraction of sp³-hybridized carbons (Fsp3) is 0.769. The Morgan fingerprint density at radius 3 is 2.38 bits per heavy atom. The summed E-state index contributed by atoms with van der Waals surface area (Å²) in [6.45, 7) is 4.06. The van der Waals surface area contributed by atoms with Gasteiger partial charge in [0.2, 0.25) is 5.83 Å². The van der Waals surface area contributed by atoms with Crippen LogP contribution in [0.1, 0.15) is 58.8 Å². The molecular formula is C13H23FO2. The van der Waals surface area contributed by atoms with E-state index in [1.165, 1.54) is 31.8 Å². The number of hydrogen-bond acceptors (Lipinski definition) is 2. The Balaban J connectivity index is 3.47. The van der Waals surface area contributed by atoms with Crippen molar-refractivity contribution in [2.24, 2.45) is 0 Å². The summed E-state index contributed by atoms with van der Waals surface area (Å²) in [4.78, 5) is 10.9. The number of carbonyl (C=O) groups excluding carboxylic acids is 1. The molecular weight excluding hydrogens is 207 g/mol. The molecule has 0 radical (unpaired) electrons. The summed E-state index contributed by atoms with van der Waals surface area (Å²) in [5.74, 6) is -1.59. The molecule has 0 heterocycles. The molecule has 2 nitrogen and oxygen atoms in total. The van der Waals surface area contributed by atoms with Crippen LogP contribution in [0.5, 0.6) is 0 Å². The Morgan fingerprint density at radius 2 is 1.75 bits per heavy atom. The number of esters is 1. The minimum absolute atomic E-state index is 0.219. The number of allylic oxidation sites excluding steroid dienone is 1. The van der Waals surface area contributed by atoms with E-state index in [4.69, 9.17) is 0 Å². The van der Waals surface area contributed by atoms with Gasteiger partial charge in [0.25, 0.3) is 0 Å². The molecule has 94 valence electrons. The zero-order valence-corrected chi connectivity index (χ0v) is 10.4. The van der Waals surface area contributed by atoms with Gasteiger partial charge in [0, 0.05) is 0 Å². The van der Waals surface area contributed by atoms with E-state index in [9.17, 15) is 9.18 Å². The number of unbranched alkanes of at least 4 members (excludes halogenated alkanes) is 6. The summed E-state index contributed by atoms with van der Waals surface area (Å²) in [6, 6.07) is 0. The first-order valence-electron chi connectivity index (χ1n) is 6.25. The van der Waals surface area contributed by atoms with Gasteiger partial charge >= 0.3 is 5.97 Å². The van der Waals surface area contributed by atoms with E-state index in [0.717, 1.165) is 12.8 Å². The van der Waals surface area contributed by atoms with Gasteiger partial charge in [0.05, 0.1) is 6.61 Å². The molecule has 0 aliphatic heterocycles. The van der Waals surface area contributed by atoms with Gasteiger partial charge in [-0.3, -0.25) is 0 Å². The maximum absolute atomic E-state index is 13.0. The normalized spacial score (nSPS) is 11.6. The Labute approximate surface area is 97.9 Å². The molecule has 0 atom stereocenters. The summed E-state index contributed by atoms with van der Waals surface area (Å²) < 4.78 is 17.5. The first-order chi connectivity index (χ1) is 7.72. The molecule has 0 amide bonds. The van der Waals surface area contributed by atoms with Gasteiger partial charge in [-0.25, -0.2) is 4.79 Å². The largest absolute Gasteiger partial charge is 0.461 e. The molecule has 16 heavy (non-hydrogen) atoms. The summed E-state index contributed by atoms with van der Waals surface area (Å²) in [7, 11) is 0. The lowest BCUT2D eigenvalue weighted by atomic mass is 10.1. The van der Waals surface area contributed by atoms with Gasteiger partial charge in [0.1, 0.15) is 0 Å². The molecule has 0 bridgehead atoms. The van der Waals surface area contributed by atoms with Gasteiger partial charge in [-0.2, -0.15) is 4.39 Å².